The Morgan fingerprint density at radius 3 is 2.40 bits per heavy atom. The first-order valence-corrected chi connectivity index (χ1v) is 8.82. The minimum Gasteiger partial charge on any atom is -0.508 e. The molecule has 10 heteroatoms. The van der Waals surface area contributed by atoms with Crippen molar-refractivity contribution in [2.75, 3.05) is 6.54 Å². The summed E-state index contributed by atoms with van der Waals surface area (Å²) < 4.78 is 4.67. The summed E-state index contributed by atoms with van der Waals surface area (Å²) in [7, 11) is 0. The van der Waals surface area contributed by atoms with E-state index >= 15 is 0 Å². The zero-order valence-electron chi connectivity index (χ0n) is 15.6. The van der Waals surface area contributed by atoms with Gasteiger partial charge in [0.2, 0.25) is 5.76 Å². The summed E-state index contributed by atoms with van der Waals surface area (Å²) >= 11 is 0. The third-order valence-corrected chi connectivity index (χ3v) is 4.17. The SMILES string of the molecule is O=C(NN(Cc1ccc(-c2cccc(O)c2)cc1)C[C@H](O)C(=O)O)c1cc(O)no1. The van der Waals surface area contributed by atoms with Gasteiger partial charge < -0.3 is 24.9 Å². The molecule has 10 nitrogen and oxygen atoms in total. The zero-order valence-corrected chi connectivity index (χ0v) is 15.6. The Balaban J connectivity index is 1.74. The lowest BCUT2D eigenvalue weighted by molar-refractivity contribution is -0.148. The van der Waals surface area contributed by atoms with Crippen LogP contribution in [0.3, 0.4) is 0 Å². The van der Waals surface area contributed by atoms with Crippen LogP contribution < -0.4 is 5.43 Å². The minimum absolute atomic E-state index is 0.0799. The van der Waals surface area contributed by atoms with Crippen molar-refractivity contribution < 1.29 is 34.5 Å². The highest BCUT2D eigenvalue weighted by Gasteiger charge is 2.22. The van der Waals surface area contributed by atoms with Crippen LogP contribution in [0.5, 0.6) is 11.6 Å². The van der Waals surface area contributed by atoms with Crippen LogP contribution in [-0.4, -0.2) is 55.1 Å². The van der Waals surface area contributed by atoms with Gasteiger partial charge in [-0.2, -0.15) is 0 Å². The first-order valence-electron chi connectivity index (χ1n) is 8.82. The Morgan fingerprint density at radius 1 is 1.07 bits per heavy atom. The number of carbonyl (C=O) groups is 2. The summed E-state index contributed by atoms with van der Waals surface area (Å²) in [6.45, 7) is -0.313. The smallest absolute Gasteiger partial charge is 0.333 e. The molecule has 0 saturated carbocycles. The van der Waals surface area contributed by atoms with Gasteiger partial charge in [0.25, 0.3) is 5.88 Å². The number of phenolic OH excluding ortho intramolecular Hbond substituents is 1. The lowest BCUT2D eigenvalue weighted by Crippen LogP contribution is -2.47. The van der Waals surface area contributed by atoms with Crippen molar-refractivity contribution in [1.29, 1.82) is 0 Å². The Bertz CT molecular complexity index is 1030. The summed E-state index contributed by atoms with van der Waals surface area (Å²) in [6.07, 6.45) is -1.74. The number of hydrogen-bond donors (Lipinski definition) is 5. The molecule has 0 bridgehead atoms. The van der Waals surface area contributed by atoms with Crippen LogP contribution >= 0.6 is 0 Å². The first kappa shape index (κ1) is 20.8. The standard InChI is InChI=1S/C20H19N3O7/c24-15-3-1-2-14(8-15)13-6-4-12(5-7-13)10-23(11-16(25)20(28)29)21-19(27)17-9-18(26)22-30-17/h1-9,16,24-25H,10-11H2,(H,21,27)(H,22,26)(H,28,29)/t16-/m0/s1. The second-order valence-corrected chi connectivity index (χ2v) is 6.47. The zero-order chi connectivity index (χ0) is 21.7. The number of aliphatic hydroxyl groups is 1. The summed E-state index contributed by atoms with van der Waals surface area (Å²) in [5, 5.41) is 41.9. The molecule has 1 heterocycles. The molecule has 1 amide bonds. The van der Waals surface area contributed by atoms with Gasteiger partial charge in [0.05, 0.1) is 12.6 Å². The van der Waals surface area contributed by atoms with Crippen molar-refractivity contribution in [3.05, 3.63) is 65.9 Å². The van der Waals surface area contributed by atoms with E-state index in [9.17, 15) is 24.9 Å². The Labute approximate surface area is 170 Å². The van der Waals surface area contributed by atoms with Gasteiger partial charge in [0.1, 0.15) is 5.75 Å². The molecule has 0 spiro atoms. The molecule has 0 fully saturated rings. The average molecular weight is 413 g/mol. The molecule has 1 aromatic heterocycles. The van der Waals surface area contributed by atoms with Gasteiger partial charge in [-0.3, -0.25) is 10.2 Å². The minimum atomic E-state index is -1.74. The molecule has 1 atom stereocenters. The van der Waals surface area contributed by atoms with Crippen LogP contribution in [0.25, 0.3) is 11.1 Å². The number of carboxylic acid groups (broad SMARTS) is 1. The molecule has 5 N–H and O–H groups in total. The van der Waals surface area contributed by atoms with E-state index < -0.39 is 30.4 Å². The van der Waals surface area contributed by atoms with Crippen molar-refractivity contribution in [2.24, 2.45) is 0 Å². The summed E-state index contributed by atoms with van der Waals surface area (Å²) in [5.41, 5.74) is 4.82. The number of carbonyl (C=O) groups excluding carboxylic acids is 1. The van der Waals surface area contributed by atoms with E-state index in [4.69, 9.17) is 5.11 Å². The number of phenols is 1. The van der Waals surface area contributed by atoms with Crippen molar-refractivity contribution in [3.63, 3.8) is 0 Å². The molecule has 30 heavy (non-hydrogen) atoms. The van der Waals surface area contributed by atoms with Gasteiger partial charge in [-0.25, -0.2) is 9.80 Å². The van der Waals surface area contributed by atoms with Crippen LogP contribution in [0, 0.1) is 0 Å². The van der Waals surface area contributed by atoms with Crippen molar-refractivity contribution in [1.82, 2.24) is 15.6 Å². The van der Waals surface area contributed by atoms with E-state index in [0.717, 1.165) is 22.8 Å². The number of aromatic hydroxyl groups is 2. The molecule has 0 unspecified atom stereocenters. The van der Waals surface area contributed by atoms with Crippen molar-refractivity contribution >= 4 is 11.9 Å². The van der Waals surface area contributed by atoms with E-state index in [1.165, 1.54) is 5.01 Å². The average Bonchev–Trinajstić information content (AvgIpc) is 3.15. The number of carboxylic acids is 1. The number of aromatic nitrogens is 1. The number of aliphatic carboxylic acids is 1. The maximum absolute atomic E-state index is 12.2. The molecule has 3 rings (SSSR count). The molecular weight excluding hydrogens is 394 g/mol. The quantitative estimate of drug-likeness (QED) is 0.344. The lowest BCUT2D eigenvalue weighted by Gasteiger charge is -2.24. The number of nitrogens with zero attached hydrogens (tertiary/aromatic N) is 2. The highest BCUT2D eigenvalue weighted by Crippen LogP contribution is 2.23. The van der Waals surface area contributed by atoms with E-state index in [1.54, 1.807) is 30.3 Å². The van der Waals surface area contributed by atoms with Gasteiger partial charge in [-0.1, -0.05) is 36.4 Å². The fraction of sp³-hybridized carbons (Fsp3) is 0.150. The van der Waals surface area contributed by atoms with E-state index in [2.05, 4.69) is 15.1 Å². The lowest BCUT2D eigenvalue weighted by atomic mass is 10.0. The summed E-state index contributed by atoms with van der Waals surface area (Å²) in [6, 6.07) is 14.9. The second kappa shape index (κ2) is 9.07. The number of hydrogen-bond acceptors (Lipinski definition) is 8. The van der Waals surface area contributed by atoms with Crippen molar-refractivity contribution in [3.8, 4) is 22.8 Å². The Kier molecular flexibility index (Phi) is 6.30. The molecule has 0 aliphatic heterocycles. The van der Waals surface area contributed by atoms with E-state index in [0.29, 0.717) is 0 Å². The number of nitrogens with one attached hydrogen (secondary N) is 1. The summed E-state index contributed by atoms with van der Waals surface area (Å²) in [4.78, 5) is 23.2. The van der Waals surface area contributed by atoms with Crippen LogP contribution in [0.15, 0.2) is 59.1 Å². The second-order valence-electron chi connectivity index (χ2n) is 6.47. The predicted octanol–water partition coefficient (Wildman–Crippen LogP) is 1.35. The molecular formula is C20H19N3O7. The maximum Gasteiger partial charge on any atom is 0.333 e. The Morgan fingerprint density at radius 2 is 1.80 bits per heavy atom. The number of hydrazine groups is 1. The van der Waals surface area contributed by atoms with Gasteiger partial charge in [0.15, 0.2) is 6.10 Å². The van der Waals surface area contributed by atoms with E-state index in [-0.39, 0.29) is 18.1 Å². The highest BCUT2D eigenvalue weighted by atomic mass is 16.5. The predicted molar refractivity (Wildman–Crippen MR) is 103 cm³/mol. The van der Waals surface area contributed by atoms with Gasteiger partial charge >= 0.3 is 11.9 Å². The topological polar surface area (TPSA) is 156 Å². The third kappa shape index (κ3) is 5.34. The monoisotopic (exact) mass is 413 g/mol. The maximum atomic E-state index is 12.2. The first-order chi connectivity index (χ1) is 14.3. The van der Waals surface area contributed by atoms with Gasteiger partial charge in [-0.05, 0) is 34.0 Å². The van der Waals surface area contributed by atoms with Crippen molar-refractivity contribution in [2.45, 2.75) is 12.6 Å². The normalized spacial score (nSPS) is 11.9. The number of rotatable bonds is 8. The van der Waals surface area contributed by atoms with Gasteiger partial charge in [-0.15, -0.1) is 0 Å². The fourth-order valence-corrected chi connectivity index (χ4v) is 2.72. The van der Waals surface area contributed by atoms with Crippen LogP contribution in [0.4, 0.5) is 0 Å². The van der Waals surface area contributed by atoms with Crippen LogP contribution in [0.2, 0.25) is 0 Å². The third-order valence-electron chi connectivity index (χ3n) is 4.17. The fourth-order valence-electron chi connectivity index (χ4n) is 2.72. The van der Waals surface area contributed by atoms with Gasteiger partial charge in [0, 0.05) is 6.54 Å². The van der Waals surface area contributed by atoms with Crippen LogP contribution in [0.1, 0.15) is 16.1 Å². The molecule has 0 aliphatic rings. The highest BCUT2D eigenvalue weighted by molar-refractivity contribution is 5.91. The molecule has 3 aromatic rings. The Hall–Kier alpha value is -3.89. The molecule has 2 aromatic carbocycles. The number of benzene rings is 2. The van der Waals surface area contributed by atoms with E-state index in [1.807, 2.05) is 18.2 Å². The largest absolute Gasteiger partial charge is 0.508 e. The molecule has 0 saturated heterocycles. The molecule has 156 valence electrons. The van der Waals surface area contributed by atoms with Crippen LogP contribution in [-0.2, 0) is 11.3 Å². The molecule has 0 radical (unpaired) electrons. The summed E-state index contributed by atoms with van der Waals surface area (Å²) in [5.74, 6) is -2.81. The number of amides is 1. The molecule has 0 aliphatic carbocycles. The number of aliphatic hydroxyl groups excluding tert-OH is 1.